The monoisotopic (exact) mass is 253 g/mol. The van der Waals surface area contributed by atoms with Crippen molar-refractivity contribution in [1.29, 1.82) is 0 Å². The molecule has 3 heteroatoms. The molecule has 86 valence electrons. The van der Waals surface area contributed by atoms with E-state index < -0.39 is 0 Å². The topological polar surface area (TPSA) is 26.0 Å². The Balaban J connectivity index is 2.24. The molecular weight excluding hydrogens is 238 g/mol. The molecule has 1 aromatic rings. The Morgan fingerprint density at radius 1 is 1.25 bits per heavy atom. The van der Waals surface area contributed by atoms with Gasteiger partial charge in [0.2, 0.25) is 0 Å². The highest BCUT2D eigenvalue weighted by molar-refractivity contribution is 7.80. The molecule has 1 unspecified atom stereocenters. The van der Waals surface area contributed by atoms with E-state index >= 15 is 0 Å². The second-order valence-corrected chi connectivity index (χ2v) is 5.38. The van der Waals surface area contributed by atoms with Crippen molar-refractivity contribution in [2.75, 3.05) is 0 Å². The third-order valence-electron chi connectivity index (χ3n) is 3.41. The van der Waals surface area contributed by atoms with Crippen molar-refractivity contribution in [3.05, 3.63) is 34.9 Å². The van der Waals surface area contributed by atoms with Crippen LogP contribution in [-0.2, 0) is 0 Å². The number of nitrogens with two attached hydrogens (primary N) is 1. The molecule has 2 rings (SSSR count). The Kier molecular flexibility index (Phi) is 3.82. The average Bonchev–Trinajstić information content (AvgIpc) is 2.74. The fourth-order valence-corrected chi connectivity index (χ4v) is 3.08. The molecule has 0 aromatic heterocycles. The van der Waals surface area contributed by atoms with Gasteiger partial charge in [0.1, 0.15) is 0 Å². The van der Waals surface area contributed by atoms with E-state index in [9.17, 15) is 0 Å². The fraction of sp³-hybridized carbons (Fsp3) is 0.462. The Bertz CT molecular complexity index is 368. The highest BCUT2D eigenvalue weighted by atomic mass is 35.5. The molecule has 2 N–H and O–H groups in total. The van der Waals surface area contributed by atoms with Crippen LogP contribution in [0.2, 0.25) is 5.02 Å². The van der Waals surface area contributed by atoms with Crippen LogP contribution in [0.1, 0.15) is 37.2 Å². The summed E-state index contributed by atoms with van der Waals surface area (Å²) in [4.78, 5) is 0.620. The van der Waals surface area contributed by atoms with Gasteiger partial charge in [-0.05, 0) is 36.5 Å². The zero-order valence-corrected chi connectivity index (χ0v) is 10.7. The molecule has 0 heterocycles. The molecule has 0 aliphatic heterocycles. The minimum Gasteiger partial charge on any atom is -0.393 e. The quantitative estimate of drug-likeness (QED) is 0.827. The van der Waals surface area contributed by atoms with Crippen LogP contribution in [0.15, 0.2) is 24.3 Å². The van der Waals surface area contributed by atoms with Crippen LogP contribution in [0.4, 0.5) is 0 Å². The molecule has 1 saturated carbocycles. The van der Waals surface area contributed by atoms with Crippen molar-refractivity contribution < 1.29 is 0 Å². The Morgan fingerprint density at radius 3 is 2.31 bits per heavy atom. The summed E-state index contributed by atoms with van der Waals surface area (Å²) in [6.45, 7) is 0. The first kappa shape index (κ1) is 11.9. The molecule has 1 fully saturated rings. The second kappa shape index (κ2) is 5.15. The molecule has 1 aliphatic carbocycles. The standard InChI is InChI=1S/C13H16ClNS/c14-11-7-5-10(6-8-11)12(13(15)16)9-3-1-2-4-9/h5-9,12H,1-4H2,(H2,15,16). The van der Waals surface area contributed by atoms with E-state index in [-0.39, 0.29) is 5.92 Å². The molecule has 0 radical (unpaired) electrons. The highest BCUT2D eigenvalue weighted by Crippen LogP contribution is 2.37. The van der Waals surface area contributed by atoms with E-state index in [1.165, 1.54) is 31.2 Å². The molecule has 1 nitrogen and oxygen atoms in total. The first-order valence-electron chi connectivity index (χ1n) is 5.73. The van der Waals surface area contributed by atoms with E-state index in [2.05, 4.69) is 0 Å². The van der Waals surface area contributed by atoms with Crippen molar-refractivity contribution in [3.8, 4) is 0 Å². The van der Waals surface area contributed by atoms with Crippen LogP contribution in [0.5, 0.6) is 0 Å². The predicted octanol–water partition coefficient (Wildman–Crippen LogP) is 3.90. The van der Waals surface area contributed by atoms with Crippen molar-refractivity contribution in [3.63, 3.8) is 0 Å². The van der Waals surface area contributed by atoms with E-state index in [0.29, 0.717) is 10.9 Å². The van der Waals surface area contributed by atoms with Gasteiger partial charge in [0.25, 0.3) is 0 Å². The number of rotatable bonds is 3. The SMILES string of the molecule is NC(=S)C(c1ccc(Cl)cc1)C1CCCC1. The third kappa shape index (κ3) is 2.55. The fourth-order valence-electron chi connectivity index (χ4n) is 2.63. The third-order valence-corrected chi connectivity index (χ3v) is 3.91. The van der Waals surface area contributed by atoms with Gasteiger partial charge >= 0.3 is 0 Å². The summed E-state index contributed by atoms with van der Waals surface area (Å²) in [5.74, 6) is 0.855. The maximum Gasteiger partial charge on any atom is 0.0806 e. The van der Waals surface area contributed by atoms with E-state index in [1.807, 2.05) is 24.3 Å². The van der Waals surface area contributed by atoms with Gasteiger partial charge in [-0.15, -0.1) is 0 Å². The van der Waals surface area contributed by atoms with E-state index in [1.54, 1.807) is 0 Å². The molecule has 1 aromatic carbocycles. The van der Waals surface area contributed by atoms with Gasteiger partial charge in [0.05, 0.1) is 4.99 Å². The molecule has 0 saturated heterocycles. The van der Waals surface area contributed by atoms with Crippen LogP contribution < -0.4 is 5.73 Å². The predicted molar refractivity (Wildman–Crippen MR) is 72.9 cm³/mol. The molecule has 1 atom stereocenters. The van der Waals surface area contributed by atoms with Crippen molar-refractivity contribution >= 4 is 28.8 Å². The Morgan fingerprint density at radius 2 is 1.81 bits per heavy atom. The zero-order valence-electron chi connectivity index (χ0n) is 9.16. The van der Waals surface area contributed by atoms with Crippen molar-refractivity contribution in [1.82, 2.24) is 0 Å². The van der Waals surface area contributed by atoms with Crippen molar-refractivity contribution in [2.45, 2.75) is 31.6 Å². The van der Waals surface area contributed by atoms with Gasteiger partial charge in [0, 0.05) is 10.9 Å². The molecule has 16 heavy (non-hydrogen) atoms. The lowest BCUT2D eigenvalue weighted by molar-refractivity contribution is 0.514. The molecule has 0 spiro atoms. The lowest BCUT2D eigenvalue weighted by Gasteiger charge is -2.22. The summed E-state index contributed by atoms with van der Waals surface area (Å²) in [5, 5.41) is 0.761. The maximum atomic E-state index is 5.89. The summed E-state index contributed by atoms with van der Waals surface area (Å²) in [7, 11) is 0. The number of hydrogen-bond donors (Lipinski definition) is 1. The summed E-state index contributed by atoms with van der Waals surface area (Å²) >= 11 is 11.1. The van der Waals surface area contributed by atoms with Gasteiger partial charge in [0.15, 0.2) is 0 Å². The first-order chi connectivity index (χ1) is 7.68. The van der Waals surface area contributed by atoms with Crippen LogP contribution in [-0.4, -0.2) is 4.99 Å². The molecule has 0 amide bonds. The van der Waals surface area contributed by atoms with Gasteiger partial charge in [-0.1, -0.05) is 48.8 Å². The highest BCUT2D eigenvalue weighted by Gasteiger charge is 2.28. The minimum atomic E-state index is 0.231. The number of hydrogen-bond acceptors (Lipinski definition) is 1. The number of halogens is 1. The van der Waals surface area contributed by atoms with Crippen LogP contribution in [0.3, 0.4) is 0 Å². The van der Waals surface area contributed by atoms with E-state index in [0.717, 1.165) is 5.02 Å². The summed E-state index contributed by atoms with van der Waals surface area (Å²) in [6.07, 6.45) is 5.09. The second-order valence-electron chi connectivity index (χ2n) is 4.48. The summed E-state index contributed by atoms with van der Waals surface area (Å²) < 4.78 is 0. The maximum absolute atomic E-state index is 5.89. The van der Waals surface area contributed by atoms with Gasteiger partial charge in [-0.25, -0.2) is 0 Å². The molecule has 1 aliphatic rings. The van der Waals surface area contributed by atoms with Crippen molar-refractivity contribution in [2.24, 2.45) is 11.7 Å². The number of thiocarbonyl (C=S) groups is 1. The van der Waals surface area contributed by atoms with Gasteiger partial charge < -0.3 is 5.73 Å². The van der Waals surface area contributed by atoms with Crippen LogP contribution in [0.25, 0.3) is 0 Å². The molecule has 0 bridgehead atoms. The largest absolute Gasteiger partial charge is 0.393 e. The molecular formula is C13H16ClNS. The lowest BCUT2D eigenvalue weighted by Crippen LogP contribution is -2.25. The normalized spacial score (nSPS) is 18.6. The van der Waals surface area contributed by atoms with Gasteiger partial charge in [-0.2, -0.15) is 0 Å². The smallest absolute Gasteiger partial charge is 0.0806 e. The average molecular weight is 254 g/mol. The minimum absolute atomic E-state index is 0.231. The van der Waals surface area contributed by atoms with Gasteiger partial charge in [-0.3, -0.25) is 0 Å². The van der Waals surface area contributed by atoms with Crippen LogP contribution in [0, 0.1) is 5.92 Å². The van der Waals surface area contributed by atoms with Crippen LogP contribution >= 0.6 is 23.8 Å². The summed E-state index contributed by atoms with van der Waals surface area (Å²) in [6, 6.07) is 7.92. The first-order valence-corrected chi connectivity index (χ1v) is 6.52. The Hall–Kier alpha value is -0.600. The lowest BCUT2D eigenvalue weighted by atomic mass is 9.85. The van der Waals surface area contributed by atoms with E-state index in [4.69, 9.17) is 29.6 Å². The number of benzene rings is 1. The Labute approximate surface area is 107 Å². The summed E-state index contributed by atoms with van der Waals surface area (Å²) in [5.41, 5.74) is 7.10. The zero-order chi connectivity index (χ0) is 11.5.